The van der Waals surface area contributed by atoms with E-state index in [9.17, 15) is 9.90 Å². The molecule has 0 aliphatic rings. The van der Waals surface area contributed by atoms with Gasteiger partial charge in [-0.1, -0.05) is 0 Å². The number of rotatable bonds is 11. The predicted octanol–water partition coefficient (Wildman–Crippen LogP) is 5.62. The Balaban J connectivity index is 3.26. The van der Waals surface area contributed by atoms with Gasteiger partial charge in [0.25, 0.3) is 0 Å². The molecule has 0 spiro atoms. The van der Waals surface area contributed by atoms with Crippen LogP contribution in [0.2, 0.25) is 13.3 Å². The Hall–Kier alpha value is -0.301. The molecule has 0 saturated carbocycles. The van der Waals surface area contributed by atoms with Gasteiger partial charge in [0.2, 0.25) is 0 Å². The zero-order valence-electron chi connectivity index (χ0n) is 16.0. The molecular weight excluding hydrogens is 427 g/mol. The molecule has 0 unspecified atom stereocenters. The first-order valence-electron chi connectivity index (χ1n) is 9.36. The Morgan fingerprint density at radius 3 is 1.92 bits per heavy atom. The van der Waals surface area contributed by atoms with Gasteiger partial charge in [-0.25, -0.2) is 0 Å². The number of amides is 1. The minimum atomic E-state index is -2.51. The molecule has 1 heterocycles. The summed E-state index contributed by atoms with van der Waals surface area (Å²) in [5, 5.41) is 9.93. The monoisotopic (exact) mass is 462 g/mol. The summed E-state index contributed by atoms with van der Waals surface area (Å²) in [6.07, 6.45) is 6.75. The fourth-order valence-corrected chi connectivity index (χ4v) is 24.3. The summed E-state index contributed by atoms with van der Waals surface area (Å²) in [5.41, 5.74) is 1.11. The van der Waals surface area contributed by atoms with Crippen LogP contribution in [-0.2, 0) is 0 Å². The first kappa shape index (κ1) is 21.7. The molecule has 0 saturated heterocycles. The number of unbranched alkanes of at least 4 members (excludes halogenated alkanes) is 3. The molecule has 1 aromatic rings. The third kappa shape index (κ3) is 5.61. The number of aromatic nitrogens is 1. The predicted molar refractivity (Wildman–Crippen MR) is 108 cm³/mol. The average molecular weight is 461 g/mol. The van der Waals surface area contributed by atoms with Gasteiger partial charge in [0.05, 0.1) is 0 Å². The second kappa shape index (κ2) is 10.6. The first-order chi connectivity index (χ1) is 11.4. The third-order valence-electron chi connectivity index (χ3n) is 4.87. The topological polar surface area (TPSA) is 53.4 Å². The number of nitrogens with zero attached hydrogens (tertiary/aromatic N) is 2. The van der Waals surface area contributed by atoms with E-state index in [-0.39, 0.29) is 0 Å². The molecular formula is C18H34N2O2SSn. The molecule has 0 aromatic carbocycles. The molecule has 0 radical (unpaired) electrons. The molecule has 0 aliphatic heterocycles. The van der Waals surface area contributed by atoms with Crippen LogP contribution in [0.25, 0.3) is 0 Å². The standard InChI is InChI=1S/C6H7N2O2S.3C4H9.Sn/c1-4-3-11-5(7-4)8(2)6(9)10;3*1-3-4-2;/h1-2H3,(H,9,10);3*1,3-4H2,2H3;. The van der Waals surface area contributed by atoms with E-state index in [1.807, 2.05) is 0 Å². The summed E-state index contributed by atoms with van der Waals surface area (Å²) in [5.74, 6) is 0. The summed E-state index contributed by atoms with van der Waals surface area (Å²) in [6, 6.07) is 0. The summed E-state index contributed by atoms with van der Waals surface area (Å²) < 4.78 is 5.71. The summed E-state index contributed by atoms with van der Waals surface area (Å²) in [6.45, 7) is 8.93. The van der Waals surface area contributed by atoms with Gasteiger partial charge in [-0.2, -0.15) is 0 Å². The summed E-state index contributed by atoms with van der Waals surface area (Å²) in [4.78, 5) is 17.2. The molecule has 1 N–H and O–H groups in total. The van der Waals surface area contributed by atoms with Crippen LogP contribution in [0.1, 0.15) is 65.0 Å². The first-order valence-corrected chi connectivity index (χ1v) is 17.7. The van der Waals surface area contributed by atoms with Gasteiger partial charge in [-0.3, -0.25) is 0 Å². The van der Waals surface area contributed by atoms with Gasteiger partial charge in [-0.05, 0) is 0 Å². The van der Waals surface area contributed by atoms with Crippen molar-refractivity contribution >= 4 is 43.8 Å². The number of anilines is 1. The Morgan fingerprint density at radius 1 is 1.08 bits per heavy atom. The molecule has 0 aliphatic carbocycles. The van der Waals surface area contributed by atoms with Crippen LogP contribution in [0.15, 0.2) is 0 Å². The zero-order chi connectivity index (χ0) is 18.2. The van der Waals surface area contributed by atoms with Crippen molar-refractivity contribution in [3.63, 3.8) is 0 Å². The molecule has 138 valence electrons. The molecule has 0 atom stereocenters. The minimum absolute atomic E-state index is 0.653. The molecule has 1 aromatic heterocycles. The molecule has 1 amide bonds. The zero-order valence-corrected chi connectivity index (χ0v) is 19.7. The Morgan fingerprint density at radius 2 is 1.54 bits per heavy atom. The van der Waals surface area contributed by atoms with Gasteiger partial charge in [0.15, 0.2) is 0 Å². The van der Waals surface area contributed by atoms with Crippen molar-refractivity contribution in [2.75, 3.05) is 11.9 Å². The van der Waals surface area contributed by atoms with E-state index in [1.165, 1.54) is 59.6 Å². The molecule has 0 fully saturated rings. The van der Waals surface area contributed by atoms with Crippen molar-refractivity contribution in [2.45, 2.75) is 79.5 Å². The van der Waals surface area contributed by atoms with E-state index in [1.54, 1.807) is 18.4 Å². The number of thiazole rings is 1. The Kier molecular flexibility index (Phi) is 9.64. The van der Waals surface area contributed by atoms with Gasteiger partial charge in [0, 0.05) is 0 Å². The van der Waals surface area contributed by atoms with E-state index < -0.39 is 24.5 Å². The van der Waals surface area contributed by atoms with Crippen LogP contribution >= 0.6 is 11.3 Å². The molecule has 4 nitrogen and oxygen atoms in total. The van der Waals surface area contributed by atoms with E-state index in [4.69, 9.17) is 0 Å². The van der Waals surface area contributed by atoms with Crippen LogP contribution in [0, 0.1) is 6.92 Å². The Bertz CT molecular complexity index is 497. The fourth-order valence-electron chi connectivity index (χ4n) is 3.36. The van der Waals surface area contributed by atoms with Crippen LogP contribution < -0.4 is 7.79 Å². The van der Waals surface area contributed by atoms with Crippen molar-refractivity contribution < 1.29 is 9.90 Å². The fraction of sp³-hybridized carbons (Fsp3) is 0.778. The number of hydrogen-bond acceptors (Lipinski definition) is 3. The molecule has 6 heteroatoms. The van der Waals surface area contributed by atoms with Crippen molar-refractivity contribution in [2.24, 2.45) is 0 Å². The van der Waals surface area contributed by atoms with Gasteiger partial charge < -0.3 is 0 Å². The second-order valence-corrected chi connectivity index (χ2v) is 21.9. The van der Waals surface area contributed by atoms with Gasteiger partial charge in [-0.15, -0.1) is 0 Å². The molecule has 0 bridgehead atoms. The van der Waals surface area contributed by atoms with Gasteiger partial charge >= 0.3 is 156 Å². The second-order valence-electron chi connectivity index (χ2n) is 6.84. The van der Waals surface area contributed by atoms with Crippen LogP contribution in [0.5, 0.6) is 0 Å². The van der Waals surface area contributed by atoms with Crippen LogP contribution in [0.4, 0.5) is 9.93 Å². The Labute approximate surface area is 155 Å². The maximum absolute atomic E-state index is 11.3. The SMILES string of the molecule is CCC[CH2][Sn]([CH2]CCC)([CH2]CCC)[c]1sc(N(C)C(=O)O)nc1C. The van der Waals surface area contributed by atoms with Crippen molar-refractivity contribution in [1.29, 1.82) is 0 Å². The van der Waals surface area contributed by atoms with E-state index in [0.717, 1.165) is 5.69 Å². The normalized spacial score (nSPS) is 11.7. The number of carboxylic acid groups (broad SMARTS) is 1. The summed E-state index contributed by atoms with van der Waals surface area (Å²) >= 11 is -0.827. The average Bonchev–Trinajstić information content (AvgIpc) is 2.96. The van der Waals surface area contributed by atoms with Crippen molar-refractivity contribution in [1.82, 2.24) is 4.98 Å². The quantitative estimate of drug-likeness (QED) is 0.436. The summed E-state index contributed by atoms with van der Waals surface area (Å²) in [7, 11) is 1.60. The third-order valence-corrected chi connectivity index (χ3v) is 24.7. The van der Waals surface area contributed by atoms with Crippen LogP contribution in [0.3, 0.4) is 0 Å². The molecule has 1 rings (SSSR count). The van der Waals surface area contributed by atoms with Crippen molar-refractivity contribution in [3.8, 4) is 0 Å². The van der Waals surface area contributed by atoms with Crippen LogP contribution in [-0.4, -0.2) is 41.6 Å². The number of carbonyl (C=O) groups is 1. The number of hydrogen-bond donors (Lipinski definition) is 1. The van der Waals surface area contributed by atoms with E-state index >= 15 is 0 Å². The molecule has 24 heavy (non-hydrogen) atoms. The van der Waals surface area contributed by atoms with E-state index in [2.05, 4.69) is 32.7 Å². The van der Waals surface area contributed by atoms with Gasteiger partial charge in [0.1, 0.15) is 0 Å². The van der Waals surface area contributed by atoms with Crippen molar-refractivity contribution in [3.05, 3.63) is 5.69 Å². The maximum atomic E-state index is 11.3. The number of aryl methyl sites for hydroxylation is 1. The van der Waals surface area contributed by atoms with E-state index in [0.29, 0.717) is 5.13 Å².